The van der Waals surface area contributed by atoms with Crippen LogP contribution in [0.25, 0.3) is 0 Å². The van der Waals surface area contributed by atoms with Gasteiger partial charge in [0.05, 0.1) is 1.93 Å². The molecule has 12 heavy (non-hydrogen) atoms. The van der Waals surface area contributed by atoms with Crippen LogP contribution in [0.1, 0.15) is 27.7 Å². The van der Waals surface area contributed by atoms with Crippen molar-refractivity contribution >= 4 is 51.1 Å². The van der Waals surface area contributed by atoms with Gasteiger partial charge in [-0.15, -0.1) is 0 Å². The smallest absolute Gasteiger partial charge is 0.219 e. The number of alkyl halides is 2. The standard InChI is InChI=1S/C5H11NO2.C2H4I2/c1-4(7)6-5(2,3)8;1-2(3)4/h8H,1-3H3,(H,6,7);2H,1H3. The van der Waals surface area contributed by atoms with Crippen molar-refractivity contribution < 1.29 is 9.90 Å². The van der Waals surface area contributed by atoms with E-state index in [4.69, 9.17) is 5.11 Å². The minimum absolute atomic E-state index is 0.225. The summed E-state index contributed by atoms with van der Waals surface area (Å²) in [5, 5.41) is 11.2. The molecule has 0 bridgehead atoms. The molecule has 0 saturated heterocycles. The second-order valence-corrected chi connectivity index (χ2v) is 8.88. The van der Waals surface area contributed by atoms with E-state index in [0.717, 1.165) is 1.93 Å². The summed E-state index contributed by atoms with van der Waals surface area (Å²) in [5.74, 6) is -0.225. The minimum atomic E-state index is -1.08. The lowest BCUT2D eigenvalue weighted by molar-refractivity contribution is -0.124. The number of amides is 1. The second-order valence-electron chi connectivity index (χ2n) is 2.76. The van der Waals surface area contributed by atoms with Gasteiger partial charge in [0.15, 0.2) is 0 Å². The highest BCUT2D eigenvalue weighted by atomic mass is 127. The van der Waals surface area contributed by atoms with Crippen LogP contribution >= 0.6 is 45.2 Å². The van der Waals surface area contributed by atoms with Gasteiger partial charge < -0.3 is 10.4 Å². The van der Waals surface area contributed by atoms with Gasteiger partial charge in [-0.1, -0.05) is 45.2 Å². The lowest BCUT2D eigenvalue weighted by atomic mass is 10.3. The Balaban J connectivity index is 0. The zero-order chi connectivity index (χ0) is 10.4. The van der Waals surface area contributed by atoms with E-state index in [-0.39, 0.29) is 5.91 Å². The molecule has 0 aliphatic heterocycles. The Hall–Kier alpha value is 0.890. The first-order valence-electron chi connectivity index (χ1n) is 3.44. The number of carbonyl (C=O) groups excluding carboxylic acids is 1. The summed E-state index contributed by atoms with van der Waals surface area (Å²) in [6.07, 6.45) is 0. The minimum Gasteiger partial charge on any atom is -0.372 e. The van der Waals surface area contributed by atoms with E-state index in [1.165, 1.54) is 20.8 Å². The highest BCUT2D eigenvalue weighted by Crippen LogP contribution is 2.05. The monoisotopic (exact) mass is 399 g/mol. The second kappa shape index (κ2) is 7.31. The molecule has 0 rings (SSSR count). The number of nitrogens with one attached hydrogen (secondary N) is 1. The van der Waals surface area contributed by atoms with E-state index in [1.54, 1.807) is 0 Å². The molecule has 0 spiro atoms. The maximum atomic E-state index is 10.2. The van der Waals surface area contributed by atoms with E-state index >= 15 is 0 Å². The maximum Gasteiger partial charge on any atom is 0.219 e. The molecule has 0 atom stereocenters. The fraction of sp³-hybridized carbons (Fsp3) is 0.857. The van der Waals surface area contributed by atoms with Crippen LogP contribution in [0.4, 0.5) is 0 Å². The van der Waals surface area contributed by atoms with Crippen molar-refractivity contribution in [2.45, 2.75) is 35.4 Å². The highest BCUT2D eigenvalue weighted by molar-refractivity contribution is 14.2. The van der Waals surface area contributed by atoms with E-state index in [0.29, 0.717) is 0 Å². The van der Waals surface area contributed by atoms with Gasteiger partial charge in [-0.05, 0) is 20.8 Å². The summed E-state index contributed by atoms with van der Waals surface area (Å²) in [7, 11) is 0. The van der Waals surface area contributed by atoms with Crippen LogP contribution in [0.5, 0.6) is 0 Å². The van der Waals surface area contributed by atoms with E-state index in [1.807, 2.05) is 0 Å². The van der Waals surface area contributed by atoms with E-state index in [2.05, 4.69) is 57.4 Å². The molecule has 0 aliphatic rings. The van der Waals surface area contributed by atoms with Crippen LogP contribution in [-0.4, -0.2) is 18.7 Å². The Morgan fingerprint density at radius 1 is 1.50 bits per heavy atom. The predicted molar refractivity (Wildman–Crippen MR) is 67.6 cm³/mol. The van der Waals surface area contributed by atoms with Crippen molar-refractivity contribution in [2.24, 2.45) is 0 Å². The summed E-state index contributed by atoms with van der Waals surface area (Å²) in [4.78, 5) is 10.2. The molecule has 0 unspecified atom stereocenters. The van der Waals surface area contributed by atoms with Crippen LogP contribution in [0.2, 0.25) is 0 Å². The van der Waals surface area contributed by atoms with Crippen molar-refractivity contribution in [1.29, 1.82) is 0 Å². The Bertz CT molecular complexity index is 129. The van der Waals surface area contributed by atoms with Crippen molar-refractivity contribution in [1.82, 2.24) is 5.32 Å². The number of halogens is 2. The Morgan fingerprint density at radius 3 is 1.75 bits per heavy atom. The predicted octanol–water partition coefficient (Wildman–Crippen LogP) is 2.05. The van der Waals surface area contributed by atoms with Crippen LogP contribution in [0.15, 0.2) is 0 Å². The first-order chi connectivity index (χ1) is 5.15. The van der Waals surface area contributed by atoms with E-state index in [9.17, 15) is 4.79 Å². The molecule has 5 heteroatoms. The van der Waals surface area contributed by atoms with E-state index < -0.39 is 5.72 Å². The molecule has 3 nitrogen and oxygen atoms in total. The van der Waals surface area contributed by atoms with Crippen LogP contribution < -0.4 is 5.32 Å². The summed E-state index contributed by atoms with van der Waals surface area (Å²) in [5.41, 5.74) is -1.08. The number of carbonyl (C=O) groups is 1. The van der Waals surface area contributed by atoms with Crippen molar-refractivity contribution in [3.05, 3.63) is 0 Å². The average molecular weight is 399 g/mol. The Kier molecular flexibility index (Phi) is 9.36. The molecule has 0 radical (unpaired) electrons. The zero-order valence-electron chi connectivity index (χ0n) is 7.69. The molecule has 1 amide bonds. The molecular formula is C7H15I2NO2. The molecule has 0 heterocycles. The largest absolute Gasteiger partial charge is 0.372 e. The van der Waals surface area contributed by atoms with Gasteiger partial charge >= 0.3 is 0 Å². The third-order valence-corrected chi connectivity index (χ3v) is 0.482. The molecule has 0 saturated carbocycles. The number of hydrogen-bond donors (Lipinski definition) is 2. The average Bonchev–Trinajstić information content (AvgIpc) is 1.52. The van der Waals surface area contributed by atoms with Gasteiger partial charge in [-0.2, -0.15) is 0 Å². The first-order valence-corrected chi connectivity index (χ1v) is 5.93. The third kappa shape index (κ3) is 30.7. The lowest BCUT2D eigenvalue weighted by Crippen LogP contribution is -2.41. The fourth-order valence-electron chi connectivity index (χ4n) is 0.431. The summed E-state index contributed by atoms with van der Waals surface area (Å²) >= 11 is 4.66. The van der Waals surface area contributed by atoms with Crippen LogP contribution in [-0.2, 0) is 4.79 Å². The SMILES string of the molecule is CC(=O)NC(C)(C)O.CC(I)I. The Morgan fingerprint density at radius 2 is 1.75 bits per heavy atom. The van der Waals surface area contributed by atoms with Gasteiger partial charge in [0.1, 0.15) is 5.72 Å². The zero-order valence-corrected chi connectivity index (χ0v) is 12.0. The summed E-state index contributed by atoms with van der Waals surface area (Å²) in [6.45, 7) is 6.52. The lowest BCUT2D eigenvalue weighted by Gasteiger charge is -2.16. The van der Waals surface area contributed by atoms with Gasteiger partial charge in [-0.25, -0.2) is 0 Å². The van der Waals surface area contributed by atoms with Crippen molar-refractivity contribution in [3.63, 3.8) is 0 Å². The van der Waals surface area contributed by atoms with Gasteiger partial charge in [0, 0.05) is 6.92 Å². The number of aliphatic hydroxyl groups is 1. The van der Waals surface area contributed by atoms with Crippen LogP contribution in [0.3, 0.4) is 0 Å². The first kappa shape index (κ1) is 15.4. The van der Waals surface area contributed by atoms with Gasteiger partial charge in [-0.3, -0.25) is 4.79 Å². The third-order valence-electron chi connectivity index (χ3n) is 0.482. The van der Waals surface area contributed by atoms with Crippen molar-refractivity contribution in [3.8, 4) is 0 Å². The highest BCUT2D eigenvalue weighted by Gasteiger charge is 2.11. The summed E-state index contributed by atoms with van der Waals surface area (Å²) < 4.78 is 0.773. The normalized spacial score (nSPS) is 10.3. The molecular weight excluding hydrogens is 384 g/mol. The van der Waals surface area contributed by atoms with Gasteiger partial charge in [0.25, 0.3) is 0 Å². The Labute approximate surface area is 101 Å². The molecule has 2 N–H and O–H groups in total. The molecule has 74 valence electrons. The molecule has 0 aromatic rings. The maximum absolute atomic E-state index is 10.2. The quantitative estimate of drug-likeness (QED) is 0.403. The molecule has 0 aromatic heterocycles. The van der Waals surface area contributed by atoms with Crippen molar-refractivity contribution in [2.75, 3.05) is 0 Å². The number of hydrogen-bond acceptors (Lipinski definition) is 2. The van der Waals surface area contributed by atoms with Gasteiger partial charge in [0.2, 0.25) is 5.91 Å². The molecule has 0 aliphatic carbocycles. The topological polar surface area (TPSA) is 49.3 Å². The fourth-order valence-corrected chi connectivity index (χ4v) is 0.431. The summed E-state index contributed by atoms with van der Waals surface area (Å²) in [6, 6.07) is 0. The molecule has 0 aromatic carbocycles. The number of rotatable bonds is 1. The molecule has 0 fully saturated rings. The van der Waals surface area contributed by atoms with Crippen LogP contribution in [0, 0.1) is 0 Å².